The molecule has 0 radical (unpaired) electrons. The molecule has 1 nitrogen and oxygen atoms in total. The third-order valence-electron chi connectivity index (χ3n) is 18.8. The van der Waals surface area contributed by atoms with E-state index in [0.717, 1.165) is 35.0 Å². The SMILES string of the molecule is c1ccc(-c2ccc(-c3ccc(N(c4ccc(-c5ccc6c(c5)C5(c7ccccc7-6)C6CC7CC8CC5C786)cc4)c4ccccc4-c4cccc5cccc(C6CCCCC6)c45)cc3)cc2)cc1. The Hall–Kier alpha value is -6.96. The van der Waals surface area contributed by atoms with Gasteiger partial charge < -0.3 is 4.90 Å². The fourth-order valence-electron chi connectivity index (χ4n) is 15.9. The molecule has 9 aromatic carbocycles. The molecule has 6 aliphatic carbocycles. The second-order valence-electron chi connectivity index (χ2n) is 21.4. The standard InChI is InChI=1S/C67H55N/c1-3-13-43(14-4-1)44-25-27-45(28-26-44)46-29-34-53(35-30-46)68(62-24-10-8-20-58(62)59-22-12-18-49-17-11-21-55(65(49)59)48-15-5-2-6-16-48)54-36-31-47(32-37-54)50-33-38-57-56-19-7-9-23-60(56)67(61(57)39-50)63-41-51-40-52-42-64(67)66(51,52)63/h1,3-4,7-14,17-39,48,51-52,63-64H,2,5-6,15-16,40-42H2. The van der Waals surface area contributed by atoms with Crippen molar-refractivity contribution in [3.63, 3.8) is 0 Å². The zero-order chi connectivity index (χ0) is 44.6. The van der Waals surface area contributed by atoms with E-state index in [2.05, 4.69) is 211 Å². The second-order valence-corrected chi connectivity index (χ2v) is 21.4. The molecule has 0 heterocycles. The van der Waals surface area contributed by atoms with E-state index in [1.807, 2.05) is 0 Å². The summed E-state index contributed by atoms with van der Waals surface area (Å²) >= 11 is 0. The number of benzene rings is 9. The van der Waals surface area contributed by atoms with E-state index >= 15 is 0 Å². The van der Waals surface area contributed by atoms with Crippen molar-refractivity contribution in [2.45, 2.75) is 62.7 Å². The maximum atomic E-state index is 2.62. The lowest BCUT2D eigenvalue weighted by atomic mass is 9.11. The maximum Gasteiger partial charge on any atom is 0.0540 e. The predicted octanol–water partition coefficient (Wildman–Crippen LogP) is 18.0. The predicted molar refractivity (Wildman–Crippen MR) is 283 cm³/mol. The number of hydrogen-bond acceptors (Lipinski definition) is 1. The van der Waals surface area contributed by atoms with Gasteiger partial charge in [0.2, 0.25) is 0 Å². The normalized spacial score (nSPS) is 24.6. The second kappa shape index (κ2) is 14.8. The molecule has 5 saturated carbocycles. The van der Waals surface area contributed by atoms with Gasteiger partial charge in [-0.2, -0.15) is 0 Å². The minimum Gasteiger partial charge on any atom is -0.310 e. The fourth-order valence-corrected chi connectivity index (χ4v) is 15.9. The van der Waals surface area contributed by atoms with Gasteiger partial charge in [-0.25, -0.2) is 0 Å². The van der Waals surface area contributed by atoms with Gasteiger partial charge in [-0.3, -0.25) is 0 Å². The molecule has 0 saturated heterocycles. The zero-order valence-electron chi connectivity index (χ0n) is 38.6. The van der Waals surface area contributed by atoms with Gasteiger partial charge in [0.1, 0.15) is 0 Å². The summed E-state index contributed by atoms with van der Waals surface area (Å²) in [6.07, 6.45) is 10.9. The molecule has 0 bridgehead atoms. The highest BCUT2D eigenvalue weighted by atomic mass is 15.1. The molecule has 5 fully saturated rings. The van der Waals surface area contributed by atoms with Crippen LogP contribution in [-0.2, 0) is 5.41 Å². The number of anilines is 3. The van der Waals surface area contributed by atoms with Gasteiger partial charge in [0.05, 0.1) is 5.69 Å². The average Bonchev–Trinajstić information content (AvgIpc) is 3.69. The summed E-state index contributed by atoms with van der Waals surface area (Å²) in [6.45, 7) is 0. The molecule has 328 valence electrons. The van der Waals surface area contributed by atoms with Crippen LogP contribution in [-0.4, -0.2) is 0 Å². The van der Waals surface area contributed by atoms with Crippen molar-refractivity contribution in [3.8, 4) is 55.6 Å². The summed E-state index contributed by atoms with van der Waals surface area (Å²) in [5, 5.41) is 2.75. The molecule has 15 rings (SSSR count). The van der Waals surface area contributed by atoms with Gasteiger partial charge >= 0.3 is 0 Å². The van der Waals surface area contributed by atoms with Crippen LogP contribution in [0.25, 0.3) is 66.4 Å². The first-order valence-electron chi connectivity index (χ1n) is 25.7. The van der Waals surface area contributed by atoms with Crippen LogP contribution in [0.4, 0.5) is 17.1 Å². The molecule has 4 atom stereocenters. The van der Waals surface area contributed by atoms with E-state index in [4.69, 9.17) is 0 Å². The van der Waals surface area contributed by atoms with Crippen LogP contribution in [0, 0.1) is 29.1 Å². The van der Waals surface area contributed by atoms with Crippen LogP contribution in [0.15, 0.2) is 206 Å². The smallest absolute Gasteiger partial charge is 0.0540 e. The van der Waals surface area contributed by atoms with Crippen LogP contribution in [0.2, 0.25) is 0 Å². The van der Waals surface area contributed by atoms with Crippen molar-refractivity contribution < 1.29 is 0 Å². The molecule has 0 aliphatic heterocycles. The molecule has 0 amide bonds. The van der Waals surface area contributed by atoms with Gasteiger partial charge in [-0.05, 0) is 181 Å². The highest BCUT2D eigenvalue weighted by molar-refractivity contribution is 6.03. The summed E-state index contributed by atoms with van der Waals surface area (Å²) in [5.41, 5.74) is 22.3. The van der Waals surface area contributed by atoms with Crippen LogP contribution < -0.4 is 4.90 Å². The first-order chi connectivity index (χ1) is 33.7. The minimum absolute atomic E-state index is 0.213. The molecule has 9 aromatic rings. The van der Waals surface area contributed by atoms with Crippen LogP contribution in [0.5, 0.6) is 0 Å². The largest absolute Gasteiger partial charge is 0.310 e. The minimum atomic E-state index is 0.213. The summed E-state index contributed by atoms with van der Waals surface area (Å²) < 4.78 is 0. The Balaban J connectivity index is 0.835. The van der Waals surface area contributed by atoms with Gasteiger partial charge in [0, 0.05) is 22.4 Å². The van der Waals surface area contributed by atoms with Gasteiger partial charge in [0.15, 0.2) is 0 Å². The number of fused-ring (bicyclic) bond motifs is 8. The molecular formula is C67H55N. The maximum absolute atomic E-state index is 2.62. The molecule has 4 unspecified atom stereocenters. The topological polar surface area (TPSA) is 3.24 Å². The Morgan fingerprint density at radius 1 is 0.382 bits per heavy atom. The van der Waals surface area contributed by atoms with E-state index in [1.54, 1.807) is 11.1 Å². The van der Waals surface area contributed by atoms with Crippen LogP contribution in [0.1, 0.15) is 74.0 Å². The van der Waals surface area contributed by atoms with Crippen molar-refractivity contribution in [2.24, 2.45) is 29.1 Å². The van der Waals surface area contributed by atoms with Crippen molar-refractivity contribution in [1.29, 1.82) is 0 Å². The van der Waals surface area contributed by atoms with E-state index in [-0.39, 0.29) is 5.41 Å². The first-order valence-corrected chi connectivity index (χ1v) is 25.7. The lowest BCUT2D eigenvalue weighted by Gasteiger charge is -2.92. The lowest BCUT2D eigenvalue weighted by Crippen LogP contribution is -2.88. The molecule has 68 heavy (non-hydrogen) atoms. The van der Waals surface area contributed by atoms with Crippen molar-refractivity contribution in [1.82, 2.24) is 0 Å². The Morgan fingerprint density at radius 2 is 0.912 bits per heavy atom. The van der Waals surface area contributed by atoms with Crippen LogP contribution >= 0.6 is 0 Å². The molecule has 6 aliphatic rings. The highest BCUT2D eigenvalue weighted by Crippen LogP contribution is 2.94. The average molecular weight is 874 g/mol. The molecule has 0 aromatic heterocycles. The van der Waals surface area contributed by atoms with E-state index in [1.165, 1.54) is 129 Å². The van der Waals surface area contributed by atoms with Crippen molar-refractivity contribution in [3.05, 3.63) is 223 Å². The number of rotatable bonds is 8. The lowest BCUT2D eigenvalue weighted by molar-refractivity contribution is -0.412. The molecular weight excluding hydrogens is 819 g/mol. The molecule has 2 spiro atoms. The zero-order valence-corrected chi connectivity index (χ0v) is 38.6. The quantitative estimate of drug-likeness (QED) is 0.147. The summed E-state index contributed by atoms with van der Waals surface area (Å²) in [6, 6.07) is 78.5. The Kier molecular flexibility index (Phi) is 8.49. The summed E-state index contributed by atoms with van der Waals surface area (Å²) in [4.78, 5) is 2.50. The Morgan fingerprint density at radius 3 is 1.59 bits per heavy atom. The van der Waals surface area contributed by atoms with E-state index in [0.29, 0.717) is 11.3 Å². The van der Waals surface area contributed by atoms with Crippen molar-refractivity contribution in [2.75, 3.05) is 4.90 Å². The van der Waals surface area contributed by atoms with Gasteiger partial charge in [0.25, 0.3) is 0 Å². The van der Waals surface area contributed by atoms with Gasteiger partial charge in [-0.1, -0.05) is 189 Å². The molecule has 1 heteroatoms. The first kappa shape index (κ1) is 39.1. The Bertz CT molecular complexity index is 3400. The fraction of sp³-hybridized carbons (Fsp3) is 0.224. The highest BCUT2D eigenvalue weighted by Gasteiger charge is 2.90. The Labute approximate surface area is 401 Å². The summed E-state index contributed by atoms with van der Waals surface area (Å²) in [7, 11) is 0. The van der Waals surface area contributed by atoms with Crippen LogP contribution in [0.3, 0.4) is 0 Å². The molecule has 0 N–H and O–H groups in total. The number of nitrogens with zero attached hydrogens (tertiary/aromatic N) is 1. The third-order valence-corrected chi connectivity index (χ3v) is 18.8. The number of hydrogen-bond donors (Lipinski definition) is 0. The van der Waals surface area contributed by atoms with E-state index < -0.39 is 0 Å². The van der Waals surface area contributed by atoms with Gasteiger partial charge in [-0.15, -0.1) is 0 Å². The summed E-state index contributed by atoms with van der Waals surface area (Å²) in [5.74, 6) is 4.26. The van der Waals surface area contributed by atoms with Crippen molar-refractivity contribution >= 4 is 27.8 Å². The number of para-hydroxylation sites is 1. The van der Waals surface area contributed by atoms with E-state index in [9.17, 15) is 0 Å². The third kappa shape index (κ3) is 5.28. The monoisotopic (exact) mass is 873 g/mol.